The van der Waals surface area contributed by atoms with Crippen molar-refractivity contribution in [3.63, 3.8) is 0 Å². The lowest BCUT2D eigenvalue weighted by Gasteiger charge is -2.42. The largest absolute Gasteiger partial charge is 0.573 e. The van der Waals surface area contributed by atoms with Gasteiger partial charge >= 0.3 is 12.3 Å². The van der Waals surface area contributed by atoms with Crippen LogP contribution in [-0.4, -0.2) is 28.6 Å². The van der Waals surface area contributed by atoms with Crippen molar-refractivity contribution in [2.24, 2.45) is 0 Å². The van der Waals surface area contributed by atoms with E-state index in [1.807, 2.05) is 0 Å². The first kappa shape index (κ1) is 13.7. The molecule has 1 aliphatic carbocycles. The fraction of sp³-hybridized carbons (Fsp3) is 0.417. The summed E-state index contributed by atoms with van der Waals surface area (Å²) in [5, 5.41) is 18.5. The van der Waals surface area contributed by atoms with Gasteiger partial charge < -0.3 is 14.9 Å². The molecule has 0 aromatic heterocycles. The molecule has 1 aromatic rings. The molecule has 1 saturated carbocycles. The van der Waals surface area contributed by atoms with Crippen LogP contribution in [0.25, 0.3) is 0 Å². The Balaban J connectivity index is 2.20. The Hall–Kier alpha value is -1.76. The van der Waals surface area contributed by atoms with E-state index in [1.165, 1.54) is 12.1 Å². The van der Waals surface area contributed by atoms with E-state index in [4.69, 9.17) is 0 Å². The highest BCUT2D eigenvalue weighted by Gasteiger charge is 2.51. The molecule has 0 bridgehead atoms. The molecule has 0 unspecified atom stereocenters. The van der Waals surface area contributed by atoms with Crippen molar-refractivity contribution >= 4 is 5.97 Å². The second-order valence-electron chi connectivity index (χ2n) is 4.52. The van der Waals surface area contributed by atoms with Gasteiger partial charge in [0.2, 0.25) is 0 Å². The maximum absolute atomic E-state index is 12.0. The zero-order valence-electron chi connectivity index (χ0n) is 9.65. The molecule has 0 spiro atoms. The van der Waals surface area contributed by atoms with E-state index in [0.29, 0.717) is 5.56 Å². The van der Waals surface area contributed by atoms with Gasteiger partial charge in [-0.2, -0.15) is 0 Å². The highest BCUT2D eigenvalue weighted by molar-refractivity contribution is 5.83. The number of aliphatic carboxylic acids is 1. The van der Waals surface area contributed by atoms with Crippen molar-refractivity contribution in [2.75, 3.05) is 0 Å². The van der Waals surface area contributed by atoms with E-state index in [0.717, 1.165) is 12.1 Å². The average molecular weight is 276 g/mol. The summed E-state index contributed by atoms with van der Waals surface area (Å²) < 4.78 is 39.7. The van der Waals surface area contributed by atoms with Gasteiger partial charge in [-0.25, -0.2) is 0 Å². The third kappa shape index (κ3) is 2.65. The van der Waals surface area contributed by atoms with Crippen LogP contribution in [0.1, 0.15) is 18.4 Å². The quantitative estimate of drug-likeness (QED) is 0.886. The molecular formula is C12H11F3O4. The normalized spacial score (nSPS) is 26.6. The van der Waals surface area contributed by atoms with Crippen molar-refractivity contribution in [3.8, 4) is 5.75 Å². The Morgan fingerprint density at radius 3 is 2.16 bits per heavy atom. The summed E-state index contributed by atoms with van der Waals surface area (Å²) >= 11 is 0. The molecule has 0 saturated heterocycles. The van der Waals surface area contributed by atoms with Gasteiger partial charge in [0.1, 0.15) is 5.75 Å². The SMILES string of the molecule is O=C(O)C1(c2ccc(OC(F)(F)F)cc2)CC(O)C1. The first-order chi connectivity index (χ1) is 8.73. The lowest BCUT2D eigenvalue weighted by atomic mass is 9.63. The number of carboxylic acids is 1. The first-order valence-electron chi connectivity index (χ1n) is 5.51. The third-order valence-electron chi connectivity index (χ3n) is 3.22. The third-order valence-corrected chi connectivity index (χ3v) is 3.22. The molecule has 0 heterocycles. The van der Waals surface area contributed by atoms with Crippen molar-refractivity contribution in [2.45, 2.75) is 30.7 Å². The van der Waals surface area contributed by atoms with Crippen LogP contribution in [0.5, 0.6) is 5.75 Å². The standard InChI is InChI=1S/C12H11F3O4/c13-12(14,15)19-9-3-1-7(2-4-9)11(10(17)18)5-8(16)6-11/h1-4,8,16H,5-6H2,(H,17,18). The van der Waals surface area contributed by atoms with E-state index in [2.05, 4.69) is 4.74 Å². The molecule has 0 aliphatic heterocycles. The summed E-state index contributed by atoms with van der Waals surface area (Å²) in [6, 6.07) is 4.69. The van der Waals surface area contributed by atoms with E-state index in [9.17, 15) is 28.2 Å². The Bertz CT molecular complexity index is 475. The lowest BCUT2D eigenvalue weighted by molar-refractivity contribution is -0.274. The van der Waals surface area contributed by atoms with Gasteiger partial charge in [-0.05, 0) is 30.5 Å². The predicted molar refractivity (Wildman–Crippen MR) is 57.7 cm³/mol. The monoisotopic (exact) mass is 276 g/mol. The van der Waals surface area contributed by atoms with Gasteiger partial charge in [-0.1, -0.05) is 12.1 Å². The minimum Gasteiger partial charge on any atom is -0.481 e. The molecule has 19 heavy (non-hydrogen) atoms. The summed E-state index contributed by atoms with van der Waals surface area (Å²) in [6.07, 6.45) is -5.36. The van der Waals surface area contributed by atoms with E-state index >= 15 is 0 Å². The minimum atomic E-state index is -4.78. The smallest absolute Gasteiger partial charge is 0.481 e. The number of aliphatic hydroxyl groups is 1. The molecule has 2 N–H and O–H groups in total. The van der Waals surface area contributed by atoms with Gasteiger partial charge in [0.25, 0.3) is 0 Å². The number of aliphatic hydroxyl groups excluding tert-OH is 1. The summed E-state index contributed by atoms with van der Waals surface area (Å²) in [5.41, 5.74) is -0.851. The zero-order valence-corrected chi connectivity index (χ0v) is 9.65. The maximum Gasteiger partial charge on any atom is 0.573 e. The summed E-state index contributed by atoms with van der Waals surface area (Å²) in [5.74, 6) is -1.50. The van der Waals surface area contributed by atoms with Crippen LogP contribution in [0.2, 0.25) is 0 Å². The van der Waals surface area contributed by atoms with Crippen molar-refractivity contribution < 1.29 is 32.9 Å². The number of carbonyl (C=O) groups is 1. The number of hydrogen-bond acceptors (Lipinski definition) is 3. The van der Waals surface area contributed by atoms with Crippen molar-refractivity contribution in [1.29, 1.82) is 0 Å². The summed E-state index contributed by atoms with van der Waals surface area (Å²) in [4.78, 5) is 11.2. The van der Waals surface area contributed by atoms with E-state index < -0.39 is 29.6 Å². The van der Waals surface area contributed by atoms with Gasteiger partial charge in [0, 0.05) is 0 Å². The van der Waals surface area contributed by atoms with Gasteiger partial charge in [-0.15, -0.1) is 13.2 Å². The van der Waals surface area contributed by atoms with Gasteiger partial charge in [0.15, 0.2) is 0 Å². The number of benzene rings is 1. The zero-order chi connectivity index (χ0) is 14.3. The fourth-order valence-electron chi connectivity index (χ4n) is 2.25. The molecule has 7 heteroatoms. The molecule has 104 valence electrons. The fourth-order valence-corrected chi connectivity index (χ4v) is 2.25. The van der Waals surface area contributed by atoms with Crippen LogP contribution in [0.15, 0.2) is 24.3 Å². The highest BCUT2D eigenvalue weighted by atomic mass is 19.4. The summed E-state index contributed by atoms with van der Waals surface area (Å²) in [7, 11) is 0. The maximum atomic E-state index is 12.0. The second kappa shape index (κ2) is 4.41. The molecule has 0 atom stereocenters. The number of halogens is 3. The number of carboxylic acid groups (broad SMARTS) is 1. The first-order valence-corrected chi connectivity index (χ1v) is 5.51. The van der Waals surface area contributed by atoms with Crippen LogP contribution in [0.4, 0.5) is 13.2 Å². The van der Waals surface area contributed by atoms with Gasteiger partial charge in [0.05, 0.1) is 11.5 Å². The Kier molecular flexibility index (Phi) is 3.17. The molecule has 1 fully saturated rings. The van der Waals surface area contributed by atoms with Crippen molar-refractivity contribution in [3.05, 3.63) is 29.8 Å². The molecule has 2 rings (SSSR count). The van der Waals surface area contributed by atoms with Crippen LogP contribution in [0.3, 0.4) is 0 Å². The molecule has 4 nitrogen and oxygen atoms in total. The van der Waals surface area contributed by atoms with Crippen LogP contribution in [0, 0.1) is 0 Å². The highest BCUT2D eigenvalue weighted by Crippen LogP contribution is 2.44. The number of rotatable bonds is 3. The summed E-state index contributed by atoms with van der Waals surface area (Å²) in [6.45, 7) is 0. The van der Waals surface area contributed by atoms with Gasteiger partial charge in [-0.3, -0.25) is 4.79 Å². The Labute approximate surface area is 106 Å². The van der Waals surface area contributed by atoms with Crippen LogP contribution in [-0.2, 0) is 10.2 Å². The minimum absolute atomic E-state index is 0.0573. The topological polar surface area (TPSA) is 66.8 Å². The van der Waals surface area contributed by atoms with E-state index in [1.54, 1.807) is 0 Å². The molecular weight excluding hydrogens is 265 g/mol. The van der Waals surface area contributed by atoms with E-state index in [-0.39, 0.29) is 12.8 Å². The molecule has 0 amide bonds. The second-order valence-corrected chi connectivity index (χ2v) is 4.52. The Morgan fingerprint density at radius 2 is 1.79 bits per heavy atom. The molecule has 1 aromatic carbocycles. The van der Waals surface area contributed by atoms with Crippen molar-refractivity contribution in [1.82, 2.24) is 0 Å². The lowest BCUT2D eigenvalue weighted by Crippen LogP contribution is -2.50. The number of hydrogen-bond donors (Lipinski definition) is 2. The van der Waals surface area contributed by atoms with Crippen LogP contribution < -0.4 is 4.74 Å². The number of ether oxygens (including phenoxy) is 1. The molecule has 1 aliphatic rings. The number of alkyl halides is 3. The Morgan fingerprint density at radius 1 is 1.26 bits per heavy atom. The predicted octanol–water partition coefficient (Wildman–Crippen LogP) is 2.06. The molecule has 0 radical (unpaired) electrons. The average Bonchev–Trinajstić information content (AvgIpc) is 2.23. The van der Waals surface area contributed by atoms with Crippen LogP contribution >= 0.6 is 0 Å².